The minimum Gasteiger partial charge on any atom is -0.497 e. The SMILES string of the molecule is COc1cccc(C(=O)NCCN2CCC3(CC2)C(=O)NCN3c2ccccc2)c1.O=C(O)C(F)(F)F. The third kappa shape index (κ3) is 6.91. The van der Waals surface area contributed by atoms with Crippen molar-refractivity contribution in [1.29, 1.82) is 0 Å². The summed E-state index contributed by atoms with van der Waals surface area (Å²) >= 11 is 0. The lowest BCUT2D eigenvalue weighted by molar-refractivity contribution is -0.192. The van der Waals surface area contributed by atoms with Crippen LogP contribution in [0.2, 0.25) is 0 Å². The van der Waals surface area contributed by atoms with Gasteiger partial charge in [0.05, 0.1) is 13.8 Å². The van der Waals surface area contributed by atoms with Gasteiger partial charge in [-0.15, -0.1) is 0 Å². The Kier molecular flexibility index (Phi) is 8.98. The lowest BCUT2D eigenvalue weighted by Gasteiger charge is -2.43. The van der Waals surface area contributed by atoms with E-state index in [0.29, 0.717) is 24.5 Å². The van der Waals surface area contributed by atoms with E-state index in [1.807, 2.05) is 30.3 Å². The third-order valence-electron chi connectivity index (χ3n) is 6.38. The Morgan fingerprint density at radius 2 is 1.76 bits per heavy atom. The van der Waals surface area contributed by atoms with E-state index >= 15 is 0 Å². The number of ether oxygens (including phenoxy) is 1. The number of anilines is 1. The molecule has 2 aliphatic rings. The minimum absolute atomic E-state index is 0.104. The first kappa shape index (κ1) is 27.8. The zero-order valence-corrected chi connectivity index (χ0v) is 20.3. The van der Waals surface area contributed by atoms with Gasteiger partial charge in [0.1, 0.15) is 11.3 Å². The second-order valence-corrected chi connectivity index (χ2v) is 8.59. The van der Waals surface area contributed by atoms with Gasteiger partial charge in [-0.25, -0.2) is 4.79 Å². The van der Waals surface area contributed by atoms with Crippen LogP contribution in [0.15, 0.2) is 54.6 Å². The number of piperidine rings is 1. The van der Waals surface area contributed by atoms with E-state index in [1.165, 1.54) is 0 Å². The number of amides is 2. The van der Waals surface area contributed by atoms with Crippen molar-refractivity contribution in [2.24, 2.45) is 0 Å². The number of carbonyl (C=O) groups is 3. The predicted octanol–water partition coefficient (Wildman–Crippen LogP) is 2.49. The van der Waals surface area contributed by atoms with Gasteiger partial charge in [0.15, 0.2) is 0 Å². The van der Waals surface area contributed by atoms with Gasteiger partial charge in [0.2, 0.25) is 5.91 Å². The van der Waals surface area contributed by atoms with Crippen molar-refractivity contribution >= 4 is 23.5 Å². The van der Waals surface area contributed by atoms with E-state index in [-0.39, 0.29) is 11.8 Å². The minimum atomic E-state index is -5.08. The highest BCUT2D eigenvalue weighted by Crippen LogP contribution is 2.36. The summed E-state index contributed by atoms with van der Waals surface area (Å²) in [6.45, 7) is 3.54. The quantitative estimate of drug-likeness (QED) is 0.535. The van der Waals surface area contributed by atoms with Crippen molar-refractivity contribution < 1.29 is 37.4 Å². The normalized spacial score (nSPS) is 17.0. The maximum Gasteiger partial charge on any atom is 0.490 e. The van der Waals surface area contributed by atoms with Crippen LogP contribution in [-0.2, 0) is 9.59 Å². The summed E-state index contributed by atoms with van der Waals surface area (Å²) in [4.78, 5) is 38.5. The second kappa shape index (κ2) is 12.0. The Morgan fingerprint density at radius 3 is 2.35 bits per heavy atom. The molecule has 3 N–H and O–H groups in total. The van der Waals surface area contributed by atoms with Crippen molar-refractivity contribution in [2.45, 2.75) is 24.6 Å². The summed E-state index contributed by atoms with van der Waals surface area (Å²) in [6, 6.07) is 17.3. The average molecular weight is 523 g/mol. The average Bonchev–Trinajstić information content (AvgIpc) is 3.20. The van der Waals surface area contributed by atoms with E-state index < -0.39 is 17.7 Å². The lowest BCUT2D eigenvalue weighted by atomic mass is 9.85. The molecule has 2 saturated heterocycles. The van der Waals surface area contributed by atoms with Crippen molar-refractivity contribution in [2.75, 3.05) is 44.9 Å². The maximum atomic E-state index is 12.7. The van der Waals surface area contributed by atoms with Crippen LogP contribution in [0.5, 0.6) is 5.75 Å². The van der Waals surface area contributed by atoms with Gasteiger partial charge in [-0.1, -0.05) is 24.3 Å². The number of halogens is 3. The summed E-state index contributed by atoms with van der Waals surface area (Å²) in [6.07, 6.45) is -3.53. The summed E-state index contributed by atoms with van der Waals surface area (Å²) in [7, 11) is 1.59. The number of carbonyl (C=O) groups excluding carboxylic acids is 2. The van der Waals surface area contributed by atoms with E-state index in [9.17, 15) is 22.8 Å². The van der Waals surface area contributed by atoms with Crippen LogP contribution in [0.4, 0.5) is 18.9 Å². The number of alkyl halides is 3. The maximum absolute atomic E-state index is 12.7. The van der Waals surface area contributed by atoms with Crippen LogP contribution < -0.4 is 20.3 Å². The number of methoxy groups -OCH3 is 1. The van der Waals surface area contributed by atoms with Crippen LogP contribution in [0.25, 0.3) is 0 Å². The van der Waals surface area contributed by atoms with E-state index in [1.54, 1.807) is 19.2 Å². The van der Waals surface area contributed by atoms with Gasteiger partial charge >= 0.3 is 12.1 Å². The number of carboxylic acid groups (broad SMARTS) is 1. The van der Waals surface area contributed by atoms with Crippen LogP contribution in [0.1, 0.15) is 23.2 Å². The molecule has 4 rings (SSSR count). The highest BCUT2D eigenvalue weighted by Gasteiger charge is 2.50. The van der Waals surface area contributed by atoms with Gasteiger partial charge in [0.25, 0.3) is 5.91 Å². The van der Waals surface area contributed by atoms with Crippen molar-refractivity contribution in [3.8, 4) is 5.75 Å². The molecular formula is C25H29F3N4O5. The summed E-state index contributed by atoms with van der Waals surface area (Å²) in [5.41, 5.74) is 1.20. The molecule has 0 aromatic heterocycles. The predicted molar refractivity (Wildman–Crippen MR) is 129 cm³/mol. The molecule has 0 unspecified atom stereocenters. The standard InChI is InChI=1S/C23H28N4O3.C2HF3O2/c1-30-20-9-5-6-18(16-20)21(28)24-12-15-26-13-10-23(11-14-26)22(29)25-17-27(23)19-7-3-2-4-8-19;3-2(4,5)1(6)7/h2-9,16H,10-15,17H2,1H3,(H,24,28)(H,25,29);(H,6,7). The lowest BCUT2D eigenvalue weighted by Crippen LogP contribution is -2.57. The largest absolute Gasteiger partial charge is 0.497 e. The Hall–Kier alpha value is -3.80. The van der Waals surface area contributed by atoms with Crippen LogP contribution in [0, 0.1) is 0 Å². The molecule has 12 heteroatoms. The van der Waals surface area contributed by atoms with Gasteiger partial charge in [-0.2, -0.15) is 13.2 Å². The number of hydrogen-bond donors (Lipinski definition) is 3. The molecule has 2 aliphatic heterocycles. The third-order valence-corrected chi connectivity index (χ3v) is 6.38. The topological polar surface area (TPSA) is 111 Å². The number of rotatable bonds is 6. The first-order valence-electron chi connectivity index (χ1n) is 11.6. The smallest absolute Gasteiger partial charge is 0.490 e. The molecule has 9 nitrogen and oxygen atoms in total. The van der Waals surface area contributed by atoms with E-state index in [0.717, 1.165) is 38.2 Å². The van der Waals surface area contributed by atoms with Crippen LogP contribution in [0.3, 0.4) is 0 Å². The van der Waals surface area contributed by atoms with Gasteiger partial charge in [-0.3, -0.25) is 9.59 Å². The summed E-state index contributed by atoms with van der Waals surface area (Å²) < 4.78 is 36.9. The Balaban J connectivity index is 0.000000479. The number of carboxylic acids is 1. The van der Waals surface area contributed by atoms with Gasteiger partial charge < -0.3 is 30.3 Å². The molecule has 0 saturated carbocycles. The molecule has 0 aliphatic carbocycles. The molecule has 0 bridgehead atoms. The fraction of sp³-hybridized carbons (Fsp3) is 0.400. The molecule has 37 heavy (non-hydrogen) atoms. The van der Waals surface area contributed by atoms with Gasteiger partial charge in [-0.05, 0) is 43.2 Å². The van der Waals surface area contributed by atoms with Crippen molar-refractivity contribution in [3.63, 3.8) is 0 Å². The molecule has 2 fully saturated rings. The molecule has 2 heterocycles. The zero-order valence-electron chi connectivity index (χ0n) is 20.3. The van der Waals surface area contributed by atoms with Crippen molar-refractivity contribution in [1.82, 2.24) is 15.5 Å². The second-order valence-electron chi connectivity index (χ2n) is 8.59. The molecule has 0 radical (unpaired) electrons. The monoisotopic (exact) mass is 522 g/mol. The number of likely N-dealkylation sites (tertiary alicyclic amines) is 1. The number of aliphatic carboxylic acids is 1. The molecular weight excluding hydrogens is 493 g/mol. The number of benzene rings is 2. The molecule has 1 spiro atoms. The molecule has 2 amide bonds. The number of hydrogen-bond acceptors (Lipinski definition) is 6. The summed E-state index contributed by atoms with van der Waals surface area (Å²) in [5.74, 6) is -2.07. The Labute approximate surface area is 212 Å². The molecule has 2 aromatic carbocycles. The van der Waals surface area contributed by atoms with E-state index in [4.69, 9.17) is 14.6 Å². The fourth-order valence-electron chi connectivity index (χ4n) is 4.37. The van der Waals surface area contributed by atoms with E-state index in [2.05, 4.69) is 32.6 Å². The zero-order chi connectivity index (χ0) is 27.1. The number of nitrogens with one attached hydrogen (secondary N) is 2. The highest BCUT2D eigenvalue weighted by molar-refractivity contribution is 5.94. The number of para-hydroxylation sites is 1. The van der Waals surface area contributed by atoms with Crippen LogP contribution in [-0.4, -0.2) is 79.5 Å². The Bertz CT molecular complexity index is 1090. The van der Waals surface area contributed by atoms with Crippen LogP contribution >= 0.6 is 0 Å². The first-order chi connectivity index (χ1) is 17.6. The Morgan fingerprint density at radius 1 is 1.11 bits per heavy atom. The first-order valence-corrected chi connectivity index (χ1v) is 11.6. The number of nitrogens with zero attached hydrogens (tertiary/aromatic N) is 2. The summed E-state index contributed by atoms with van der Waals surface area (Å²) in [5, 5.41) is 13.1. The fourth-order valence-corrected chi connectivity index (χ4v) is 4.37. The molecule has 0 atom stereocenters. The molecule has 2 aromatic rings. The molecule has 200 valence electrons. The van der Waals surface area contributed by atoms with Crippen molar-refractivity contribution in [3.05, 3.63) is 60.2 Å². The highest BCUT2D eigenvalue weighted by atomic mass is 19.4. The van der Waals surface area contributed by atoms with Gasteiger partial charge in [0, 0.05) is 37.4 Å².